The van der Waals surface area contributed by atoms with Crippen molar-refractivity contribution in [2.75, 3.05) is 33.7 Å². The maximum Gasteiger partial charge on any atom is 0.320 e. The molecule has 0 radical (unpaired) electrons. The van der Waals surface area contributed by atoms with Crippen molar-refractivity contribution in [1.29, 1.82) is 0 Å². The second-order valence-corrected chi connectivity index (χ2v) is 8.18. The molecule has 31 heavy (non-hydrogen) atoms. The third-order valence-corrected chi connectivity index (χ3v) is 5.88. The van der Waals surface area contributed by atoms with Crippen LogP contribution in [0.3, 0.4) is 0 Å². The smallest absolute Gasteiger partial charge is 0.320 e. The molecule has 2 saturated heterocycles. The van der Waals surface area contributed by atoms with E-state index in [2.05, 4.69) is 4.90 Å². The lowest BCUT2D eigenvalue weighted by Gasteiger charge is -2.32. The highest BCUT2D eigenvalue weighted by atomic mass is 19.1. The fourth-order valence-electron chi connectivity index (χ4n) is 4.69. The number of hydrogen-bond donors (Lipinski definition) is 1. The van der Waals surface area contributed by atoms with E-state index >= 15 is 0 Å². The van der Waals surface area contributed by atoms with Crippen LogP contribution in [0.5, 0.6) is 0 Å². The highest BCUT2D eigenvalue weighted by molar-refractivity contribution is 5.75. The molecule has 0 spiro atoms. The van der Waals surface area contributed by atoms with Gasteiger partial charge >= 0.3 is 6.03 Å². The predicted molar refractivity (Wildman–Crippen MR) is 112 cm³/mol. The lowest BCUT2D eigenvalue weighted by atomic mass is 9.89. The average molecular weight is 431 g/mol. The van der Waals surface area contributed by atoms with Crippen LogP contribution in [-0.2, 0) is 11.3 Å². The number of urea groups is 1. The third-order valence-electron chi connectivity index (χ3n) is 5.88. The van der Waals surface area contributed by atoms with Gasteiger partial charge in [0, 0.05) is 46.2 Å². The highest BCUT2D eigenvalue weighted by Gasteiger charge is 2.49. The first-order valence-corrected chi connectivity index (χ1v) is 10.1. The first kappa shape index (κ1) is 22.7. The van der Waals surface area contributed by atoms with Crippen molar-refractivity contribution in [3.63, 3.8) is 0 Å². The van der Waals surface area contributed by atoms with Gasteiger partial charge in [0.1, 0.15) is 11.6 Å². The maximum absolute atomic E-state index is 13.9. The van der Waals surface area contributed by atoms with E-state index < -0.39 is 0 Å². The lowest BCUT2D eigenvalue weighted by molar-refractivity contribution is -0.122. The summed E-state index contributed by atoms with van der Waals surface area (Å²) in [6, 6.07) is 13.0. The molecular weight excluding hydrogens is 404 g/mol. The minimum Gasteiger partial charge on any atom is -0.483 e. The van der Waals surface area contributed by atoms with E-state index in [1.165, 1.54) is 18.2 Å². The first-order chi connectivity index (χ1) is 14.8. The van der Waals surface area contributed by atoms with Gasteiger partial charge in [-0.15, -0.1) is 0 Å². The minimum absolute atomic E-state index is 0.0336. The second kappa shape index (κ2) is 9.87. The van der Waals surface area contributed by atoms with Crippen LogP contribution < -0.4 is 0 Å². The van der Waals surface area contributed by atoms with Gasteiger partial charge in [0.15, 0.2) is 0 Å². The molecule has 0 bridgehead atoms. The van der Waals surface area contributed by atoms with Crippen molar-refractivity contribution >= 4 is 12.5 Å². The molecule has 2 aliphatic heterocycles. The normalized spacial score (nSPS) is 22.5. The molecule has 2 aliphatic rings. The second-order valence-electron chi connectivity index (χ2n) is 8.18. The SMILES string of the molecule is CN(C)C(=O)N1C[C@H]2CN(Cc3ccc(F)cc3)C[C@H]2[C@H]1c1cccc(F)c1.O=CO. The molecule has 1 N–H and O–H groups in total. The van der Waals surface area contributed by atoms with Crippen molar-refractivity contribution in [3.8, 4) is 0 Å². The van der Waals surface area contributed by atoms with Crippen molar-refractivity contribution in [3.05, 3.63) is 71.3 Å². The Labute approximate surface area is 180 Å². The first-order valence-electron chi connectivity index (χ1n) is 10.1. The van der Waals surface area contributed by atoms with Crippen LogP contribution in [0.4, 0.5) is 13.6 Å². The van der Waals surface area contributed by atoms with E-state index in [0.29, 0.717) is 12.5 Å². The fraction of sp³-hybridized carbons (Fsp3) is 0.391. The number of fused-ring (bicyclic) bond motifs is 1. The zero-order valence-electron chi connectivity index (χ0n) is 17.6. The van der Waals surface area contributed by atoms with Gasteiger partial charge in [-0.1, -0.05) is 24.3 Å². The Kier molecular flexibility index (Phi) is 7.22. The maximum atomic E-state index is 13.9. The summed E-state index contributed by atoms with van der Waals surface area (Å²) in [4.78, 5) is 26.9. The number of amides is 2. The van der Waals surface area contributed by atoms with E-state index in [-0.39, 0.29) is 36.1 Å². The summed E-state index contributed by atoms with van der Waals surface area (Å²) in [5.41, 5.74) is 1.93. The highest BCUT2D eigenvalue weighted by Crippen LogP contribution is 2.45. The molecule has 2 fully saturated rings. The van der Waals surface area contributed by atoms with Crippen LogP contribution >= 0.6 is 0 Å². The number of carboxylic acid groups (broad SMARTS) is 1. The molecule has 0 saturated carbocycles. The van der Waals surface area contributed by atoms with Crippen LogP contribution in [0.15, 0.2) is 48.5 Å². The Hall–Kier alpha value is -3.00. The molecule has 4 rings (SSSR count). The van der Waals surface area contributed by atoms with Crippen LogP contribution in [0.1, 0.15) is 17.2 Å². The van der Waals surface area contributed by atoms with E-state index in [9.17, 15) is 13.6 Å². The predicted octanol–water partition coefficient (Wildman–Crippen LogP) is 3.45. The number of rotatable bonds is 3. The van der Waals surface area contributed by atoms with Crippen LogP contribution in [-0.4, -0.2) is 66.0 Å². The molecule has 3 atom stereocenters. The number of hydrogen-bond acceptors (Lipinski definition) is 3. The van der Waals surface area contributed by atoms with Crippen LogP contribution in [0, 0.1) is 23.5 Å². The molecule has 2 heterocycles. The average Bonchev–Trinajstić information content (AvgIpc) is 3.26. The number of nitrogens with zero attached hydrogens (tertiary/aromatic N) is 3. The zero-order chi connectivity index (χ0) is 22.5. The van der Waals surface area contributed by atoms with Gasteiger partial charge < -0.3 is 14.9 Å². The molecule has 166 valence electrons. The zero-order valence-corrected chi connectivity index (χ0v) is 17.6. The molecule has 0 aliphatic carbocycles. The fourth-order valence-corrected chi connectivity index (χ4v) is 4.69. The Morgan fingerprint density at radius 1 is 1.10 bits per heavy atom. The van der Waals surface area contributed by atoms with Gasteiger partial charge in [0.25, 0.3) is 6.47 Å². The quantitative estimate of drug-likeness (QED) is 0.757. The number of benzene rings is 2. The van der Waals surface area contributed by atoms with Gasteiger partial charge in [-0.3, -0.25) is 9.69 Å². The molecule has 6 nitrogen and oxygen atoms in total. The van der Waals surface area contributed by atoms with Gasteiger partial charge in [-0.25, -0.2) is 13.6 Å². The topological polar surface area (TPSA) is 64.1 Å². The summed E-state index contributed by atoms with van der Waals surface area (Å²) in [7, 11) is 3.50. The Bertz CT molecular complexity index is 907. The van der Waals surface area contributed by atoms with Crippen LogP contribution in [0.2, 0.25) is 0 Å². The van der Waals surface area contributed by atoms with E-state index in [1.807, 2.05) is 23.1 Å². The Morgan fingerprint density at radius 2 is 1.77 bits per heavy atom. The standard InChI is InChI=1S/C22H25F2N3O.CH2O2/c1-25(2)22(28)27-13-17-12-26(11-15-6-8-18(23)9-7-15)14-20(17)21(27)16-4-3-5-19(24)10-16;2-1-3/h3-10,17,20-21H,11-14H2,1-2H3;1H,(H,2,3)/t17-,20-,21-;/m1./s1. The van der Waals surface area contributed by atoms with Crippen molar-refractivity contribution in [2.24, 2.45) is 11.8 Å². The molecule has 2 aromatic rings. The molecule has 2 aromatic carbocycles. The number of likely N-dealkylation sites (tertiary alicyclic amines) is 2. The summed E-state index contributed by atoms with van der Waals surface area (Å²) in [6.07, 6.45) is 0. The van der Waals surface area contributed by atoms with Gasteiger partial charge in [-0.05, 0) is 41.3 Å². The molecule has 0 aromatic heterocycles. The lowest BCUT2D eigenvalue weighted by Crippen LogP contribution is -2.41. The largest absolute Gasteiger partial charge is 0.483 e. The van der Waals surface area contributed by atoms with Crippen LogP contribution in [0.25, 0.3) is 0 Å². The van der Waals surface area contributed by atoms with Gasteiger partial charge in [-0.2, -0.15) is 0 Å². The molecule has 2 amide bonds. The van der Waals surface area contributed by atoms with E-state index in [1.54, 1.807) is 31.1 Å². The van der Waals surface area contributed by atoms with Gasteiger partial charge in [0.2, 0.25) is 0 Å². The molecular formula is C23H27F2N3O3. The number of carbonyl (C=O) groups excluding carboxylic acids is 1. The number of carbonyl (C=O) groups is 2. The summed E-state index contributed by atoms with van der Waals surface area (Å²) in [5, 5.41) is 6.89. The monoisotopic (exact) mass is 431 g/mol. The molecule has 8 heteroatoms. The summed E-state index contributed by atoms with van der Waals surface area (Å²) >= 11 is 0. The van der Waals surface area contributed by atoms with Gasteiger partial charge in [0.05, 0.1) is 6.04 Å². The Morgan fingerprint density at radius 3 is 2.39 bits per heavy atom. The van der Waals surface area contributed by atoms with E-state index in [4.69, 9.17) is 9.90 Å². The van der Waals surface area contributed by atoms with E-state index in [0.717, 1.165) is 30.8 Å². The van der Waals surface area contributed by atoms with Crippen molar-refractivity contribution in [1.82, 2.24) is 14.7 Å². The third kappa shape index (κ3) is 5.19. The minimum atomic E-state index is -0.278. The molecule has 0 unspecified atom stereocenters. The Balaban J connectivity index is 0.000000858. The number of halogens is 2. The summed E-state index contributed by atoms with van der Waals surface area (Å²) in [6.45, 7) is 2.89. The summed E-state index contributed by atoms with van der Waals surface area (Å²) < 4.78 is 27.1. The van der Waals surface area contributed by atoms with Crippen molar-refractivity contribution < 1.29 is 23.5 Å². The van der Waals surface area contributed by atoms with Crippen molar-refractivity contribution in [2.45, 2.75) is 12.6 Å². The summed E-state index contributed by atoms with van der Waals surface area (Å²) in [5.74, 6) is 0.0918.